The lowest BCUT2D eigenvalue weighted by atomic mass is 10.1. The molecule has 0 spiro atoms. The summed E-state index contributed by atoms with van der Waals surface area (Å²) in [4.78, 5) is 31.1. The van der Waals surface area contributed by atoms with Gasteiger partial charge in [0.25, 0.3) is 5.91 Å². The third kappa shape index (κ3) is 6.45. The monoisotopic (exact) mass is 682 g/mol. The van der Waals surface area contributed by atoms with Crippen LogP contribution in [0.5, 0.6) is 11.5 Å². The second kappa shape index (κ2) is 12.4. The quantitative estimate of drug-likeness (QED) is 0.149. The molecule has 1 heterocycles. The van der Waals surface area contributed by atoms with Crippen molar-refractivity contribution < 1.29 is 23.8 Å². The predicted octanol–water partition coefficient (Wildman–Crippen LogP) is 7.21. The average molecular weight is 683 g/mol. The Morgan fingerprint density at radius 1 is 1.11 bits per heavy atom. The number of amides is 1. The van der Waals surface area contributed by atoms with Gasteiger partial charge in [0.05, 0.1) is 33.9 Å². The van der Waals surface area contributed by atoms with Crippen molar-refractivity contribution >= 4 is 86.4 Å². The first-order valence-electron chi connectivity index (χ1n) is 11.1. The summed E-state index contributed by atoms with van der Waals surface area (Å²) >= 11 is 15.7. The molecule has 1 fully saturated rings. The van der Waals surface area contributed by atoms with Gasteiger partial charge in [-0.25, -0.2) is 9.79 Å². The van der Waals surface area contributed by atoms with E-state index in [-0.39, 0.29) is 12.5 Å². The third-order valence-electron chi connectivity index (χ3n) is 5.45. The fourth-order valence-corrected chi connectivity index (χ4v) is 5.69. The minimum atomic E-state index is -0.424. The highest BCUT2D eigenvalue weighted by Crippen LogP contribution is 2.38. The molecule has 0 aromatic heterocycles. The number of nitrogens with zero attached hydrogens (tertiary/aromatic N) is 2. The molecule has 0 saturated carbocycles. The van der Waals surface area contributed by atoms with Gasteiger partial charge in [-0.05, 0) is 94.5 Å². The van der Waals surface area contributed by atoms with E-state index in [1.807, 2.05) is 18.2 Å². The molecule has 1 aliphatic heterocycles. The number of benzene rings is 3. The average Bonchev–Trinajstić information content (AvgIpc) is 3.16. The van der Waals surface area contributed by atoms with E-state index in [0.717, 1.165) is 14.7 Å². The summed E-state index contributed by atoms with van der Waals surface area (Å²) in [6, 6.07) is 15.6. The predicted molar refractivity (Wildman–Crippen MR) is 160 cm³/mol. The minimum absolute atomic E-state index is 0.174. The Kier molecular flexibility index (Phi) is 9.24. The maximum Gasteiger partial charge on any atom is 0.337 e. The first kappa shape index (κ1) is 28.3. The van der Waals surface area contributed by atoms with Gasteiger partial charge in [-0.1, -0.05) is 29.3 Å². The molecule has 7 nitrogen and oxygen atoms in total. The van der Waals surface area contributed by atoms with E-state index in [1.54, 1.807) is 56.6 Å². The maximum atomic E-state index is 12.9. The number of aliphatic imine (C=N–C) groups is 1. The summed E-state index contributed by atoms with van der Waals surface area (Å²) in [6.07, 6.45) is 1.79. The zero-order valence-electron chi connectivity index (χ0n) is 20.5. The fraction of sp³-hybridized carbons (Fsp3) is 0.148. The molecule has 3 aromatic carbocycles. The molecule has 0 atom stereocenters. The van der Waals surface area contributed by atoms with Crippen LogP contribution in [0.25, 0.3) is 6.08 Å². The van der Waals surface area contributed by atoms with Gasteiger partial charge in [-0.2, -0.15) is 0 Å². The zero-order chi connectivity index (χ0) is 27.4. The zero-order valence-corrected chi connectivity index (χ0v) is 24.9. The molecular formula is C27H21Cl2IN2O5S. The Labute approximate surface area is 247 Å². The van der Waals surface area contributed by atoms with Gasteiger partial charge in [0.1, 0.15) is 6.61 Å². The van der Waals surface area contributed by atoms with Crippen LogP contribution in [0.4, 0.5) is 5.69 Å². The molecule has 0 bridgehead atoms. The highest BCUT2D eigenvalue weighted by molar-refractivity contribution is 14.1. The van der Waals surface area contributed by atoms with Gasteiger partial charge in [0.15, 0.2) is 16.7 Å². The Morgan fingerprint density at radius 2 is 1.84 bits per heavy atom. The van der Waals surface area contributed by atoms with Crippen LogP contribution in [-0.2, 0) is 16.1 Å². The van der Waals surface area contributed by atoms with Crippen LogP contribution in [-0.4, -0.2) is 43.2 Å². The molecular weight excluding hydrogens is 662 g/mol. The number of hydrogen-bond acceptors (Lipinski definition) is 7. The van der Waals surface area contributed by atoms with Crippen LogP contribution in [0.2, 0.25) is 10.0 Å². The van der Waals surface area contributed by atoms with Crippen LogP contribution in [0.1, 0.15) is 21.5 Å². The molecule has 0 radical (unpaired) electrons. The highest BCUT2D eigenvalue weighted by Gasteiger charge is 2.30. The van der Waals surface area contributed by atoms with E-state index in [2.05, 4.69) is 27.6 Å². The standard InChI is InChI=1S/C27H21Cl2IN2O5S/c1-32-25(33)23(38-27(32)31-19-8-5-16(6-9-19)26(34)36-3)12-15-10-21(30)24(22(11-15)35-2)37-14-17-4-7-18(28)13-20(17)29/h4-13H,14H2,1-3H3/b23-12-,31-27?. The first-order valence-corrected chi connectivity index (χ1v) is 13.7. The second-order valence-electron chi connectivity index (χ2n) is 7.97. The number of esters is 1. The van der Waals surface area contributed by atoms with E-state index in [4.69, 9.17) is 37.4 Å². The first-order chi connectivity index (χ1) is 18.2. The van der Waals surface area contributed by atoms with Gasteiger partial charge in [-0.3, -0.25) is 9.69 Å². The van der Waals surface area contributed by atoms with Crippen molar-refractivity contribution in [2.24, 2.45) is 4.99 Å². The summed E-state index contributed by atoms with van der Waals surface area (Å²) in [7, 11) is 4.56. The lowest BCUT2D eigenvalue weighted by Crippen LogP contribution is -2.23. The van der Waals surface area contributed by atoms with Gasteiger partial charge in [0, 0.05) is 22.7 Å². The van der Waals surface area contributed by atoms with E-state index < -0.39 is 5.97 Å². The van der Waals surface area contributed by atoms with Crippen molar-refractivity contribution in [1.29, 1.82) is 0 Å². The molecule has 3 aromatic rings. The molecule has 0 aliphatic carbocycles. The van der Waals surface area contributed by atoms with E-state index in [1.165, 1.54) is 23.8 Å². The Hall–Kier alpha value is -2.73. The molecule has 0 N–H and O–H groups in total. The Balaban J connectivity index is 1.54. The van der Waals surface area contributed by atoms with Crippen molar-refractivity contribution in [1.82, 2.24) is 4.90 Å². The van der Waals surface area contributed by atoms with Crippen molar-refractivity contribution in [2.45, 2.75) is 6.61 Å². The summed E-state index contributed by atoms with van der Waals surface area (Å²) < 4.78 is 17.1. The number of thioether (sulfide) groups is 1. The molecule has 196 valence electrons. The highest BCUT2D eigenvalue weighted by atomic mass is 127. The fourth-order valence-electron chi connectivity index (χ4n) is 3.46. The van der Waals surface area contributed by atoms with Gasteiger partial charge < -0.3 is 14.2 Å². The van der Waals surface area contributed by atoms with Gasteiger partial charge in [-0.15, -0.1) is 0 Å². The summed E-state index contributed by atoms with van der Waals surface area (Å²) in [6.45, 7) is 0.238. The summed E-state index contributed by atoms with van der Waals surface area (Å²) in [5.74, 6) is 0.498. The van der Waals surface area contributed by atoms with E-state index >= 15 is 0 Å². The number of carbonyl (C=O) groups excluding carboxylic acids is 2. The van der Waals surface area contributed by atoms with Crippen molar-refractivity contribution in [3.63, 3.8) is 0 Å². The number of rotatable bonds is 7. The van der Waals surface area contributed by atoms with Crippen LogP contribution >= 0.6 is 57.6 Å². The third-order valence-corrected chi connectivity index (χ3v) is 7.90. The lowest BCUT2D eigenvalue weighted by molar-refractivity contribution is -0.121. The van der Waals surface area contributed by atoms with Crippen LogP contribution in [0.15, 0.2) is 64.5 Å². The largest absolute Gasteiger partial charge is 0.493 e. The number of hydrogen-bond donors (Lipinski definition) is 0. The number of amidine groups is 1. The molecule has 1 saturated heterocycles. The Bertz CT molecular complexity index is 1460. The normalized spacial score (nSPS) is 15.3. The van der Waals surface area contributed by atoms with Crippen molar-refractivity contribution in [2.75, 3.05) is 21.3 Å². The number of halogens is 3. The number of carbonyl (C=O) groups is 2. The molecule has 0 unspecified atom stereocenters. The van der Waals surface area contributed by atoms with Gasteiger partial charge in [0.2, 0.25) is 0 Å². The number of likely N-dealkylation sites (N-methyl/N-ethyl adjacent to an activating group) is 1. The van der Waals surface area contributed by atoms with E-state index in [9.17, 15) is 9.59 Å². The van der Waals surface area contributed by atoms with Crippen molar-refractivity contribution in [3.05, 3.63) is 89.8 Å². The summed E-state index contributed by atoms with van der Waals surface area (Å²) in [5.41, 5.74) is 2.60. The SMILES string of the molecule is COC(=O)c1ccc(N=C2S/C(=C\c3cc(I)c(OCc4ccc(Cl)cc4Cl)c(OC)c3)C(=O)N2C)cc1. The van der Waals surface area contributed by atoms with Crippen molar-refractivity contribution in [3.8, 4) is 11.5 Å². The van der Waals surface area contributed by atoms with Crippen LogP contribution in [0.3, 0.4) is 0 Å². The Morgan fingerprint density at radius 3 is 2.50 bits per heavy atom. The molecule has 1 amide bonds. The molecule has 1 aliphatic rings. The topological polar surface area (TPSA) is 77.4 Å². The van der Waals surface area contributed by atoms with Crippen LogP contribution < -0.4 is 9.47 Å². The molecule has 38 heavy (non-hydrogen) atoms. The number of ether oxygens (including phenoxy) is 3. The van der Waals surface area contributed by atoms with E-state index in [0.29, 0.717) is 42.9 Å². The van der Waals surface area contributed by atoms with Crippen LogP contribution in [0, 0.1) is 3.57 Å². The molecule has 4 rings (SSSR count). The van der Waals surface area contributed by atoms with Gasteiger partial charge >= 0.3 is 5.97 Å². The maximum absolute atomic E-state index is 12.9. The number of methoxy groups -OCH3 is 2. The lowest BCUT2D eigenvalue weighted by Gasteiger charge is -2.14. The summed E-state index contributed by atoms with van der Waals surface area (Å²) in [5, 5.41) is 1.59. The second-order valence-corrected chi connectivity index (χ2v) is 11.0. The smallest absolute Gasteiger partial charge is 0.337 e. The minimum Gasteiger partial charge on any atom is -0.493 e. The molecule has 11 heteroatoms.